The number of carbonyl (C=O) groups excluding carboxylic acids is 2. The Balaban J connectivity index is 1.78. The summed E-state index contributed by atoms with van der Waals surface area (Å²) in [7, 11) is 6.46. The third-order valence-electron chi connectivity index (χ3n) is 7.62. The van der Waals surface area contributed by atoms with Crippen molar-refractivity contribution in [1.29, 1.82) is 0 Å². The minimum absolute atomic E-state index is 0.204. The van der Waals surface area contributed by atoms with Crippen LogP contribution >= 0.6 is 0 Å². The summed E-state index contributed by atoms with van der Waals surface area (Å²) in [6, 6.07) is 25.0. The smallest absolute Gasteiger partial charge is 0.308 e. The fourth-order valence-corrected chi connectivity index (χ4v) is 5.76. The van der Waals surface area contributed by atoms with Gasteiger partial charge in [-0.25, -0.2) is 0 Å². The van der Waals surface area contributed by atoms with Gasteiger partial charge < -0.3 is 28.4 Å². The van der Waals surface area contributed by atoms with E-state index in [4.69, 9.17) is 28.4 Å². The van der Waals surface area contributed by atoms with E-state index in [1.807, 2.05) is 54.6 Å². The maximum Gasteiger partial charge on any atom is 0.308 e. The molecule has 5 rings (SSSR count). The van der Waals surface area contributed by atoms with Crippen molar-refractivity contribution in [2.24, 2.45) is 0 Å². The summed E-state index contributed by atoms with van der Waals surface area (Å²) in [6.45, 7) is 2.75. The Morgan fingerprint density at radius 2 is 1.05 bits per heavy atom. The Kier molecular flexibility index (Phi) is 8.90. The first-order valence-electron chi connectivity index (χ1n) is 14.0. The molecule has 0 aliphatic heterocycles. The van der Waals surface area contributed by atoms with Gasteiger partial charge in [0.2, 0.25) is 0 Å². The Morgan fingerprint density at radius 3 is 1.59 bits per heavy atom. The minimum Gasteiger partial charge on any atom is -0.493 e. The first-order chi connectivity index (χ1) is 21.3. The fourth-order valence-electron chi connectivity index (χ4n) is 5.76. The number of esters is 2. The van der Waals surface area contributed by atoms with E-state index in [1.165, 1.54) is 13.8 Å². The van der Waals surface area contributed by atoms with Gasteiger partial charge in [0.05, 0.1) is 28.4 Å². The van der Waals surface area contributed by atoms with Gasteiger partial charge in [0.25, 0.3) is 0 Å². The quantitative estimate of drug-likeness (QED) is 0.151. The Hall–Kier alpha value is -5.24. The van der Waals surface area contributed by atoms with Gasteiger partial charge in [0.1, 0.15) is 11.5 Å². The van der Waals surface area contributed by atoms with Gasteiger partial charge in [-0.2, -0.15) is 0 Å². The van der Waals surface area contributed by atoms with E-state index in [9.17, 15) is 9.59 Å². The first kappa shape index (κ1) is 30.2. The molecule has 8 nitrogen and oxygen atoms in total. The normalized spacial score (nSPS) is 15.4. The molecule has 0 unspecified atom stereocenters. The van der Waals surface area contributed by atoms with Gasteiger partial charge in [-0.1, -0.05) is 36.4 Å². The molecule has 0 heterocycles. The lowest BCUT2D eigenvalue weighted by atomic mass is 9.67. The Labute approximate surface area is 256 Å². The number of hydrogen-bond acceptors (Lipinski definition) is 8. The summed E-state index contributed by atoms with van der Waals surface area (Å²) < 4.78 is 33.3. The molecule has 0 saturated carbocycles. The van der Waals surface area contributed by atoms with Crippen LogP contribution in [0.1, 0.15) is 53.5 Å². The molecule has 2 atom stereocenters. The van der Waals surface area contributed by atoms with Crippen LogP contribution in [-0.4, -0.2) is 40.4 Å². The van der Waals surface area contributed by atoms with Gasteiger partial charge in [-0.15, -0.1) is 0 Å². The van der Waals surface area contributed by atoms with Crippen LogP contribution in [0.2, 0.25) is 0 Å². The van der Waals surface area contributed by atoms with E-state index in [2.05, 4.69) is 6.08 Å². The van der Waals surface area contributed by atoms with E-state index >= 15 is 0 Å². The standard InChI is InChI=1S/C36H34O8/c1-21(37)43-27-12-7-23(8-13-27)29-17-26-19-33(41-5)34(42-6)20-30(26)36(25-11-16-31(39-3)32(18-25)40-4)35(29)24-9-14-28(15-10-24)44-22(2)38/h7-20,35-36H,1-6H3/t35-,36-/m1/s1. The van der Waals surface area contributed by atoms with Gasteiger partial charge in [0, 0.05) is 25.7 Å². The van der Waals surface area contributed by atoms with E-state index in [0.29, 0.717) is 34.5 Å². The molecule has 0 amide bonds. The maximum atomic E-state index is 11.6. The van der Waals surface area contributed by atoms with Crippen molar-refractivity contribution in [2.75, 3.05) is 28.4 Å². The van der Waals surface area contributed by atoms with Crippen LogP contribution in [-0.2, 0) is 9.59 Å². The summed E-state index contributed by atoms with van der Waals surface area (Å²) in [5.74, 6) is 2.20. The highest BCUT2D eigenvalue weighted by Crippen LogP contribution is 2.54. The molecule has 1 aliphatic carbocycles. The molecular weight excluding hydrogens is 560 g/mol. The number of ether oxygens (including phenoxy) is 6. The van der Waals surface area contributed by atoms with E-state index in [1.54, 1.807) is 52.7 Å². The van der Waals surface area contributed by atoms with Crippen LogP contribution in [0, 0.1) is 0 Å². The predicted octanol–water partition coefficient (Wildman–Crippen LogP) is 7.04. The monoisotopic (exact) mass is 594 g/mol. The van der Waals surface area contributed by atoms with Crippen LogP contribution < -0.4 is 28.4 Å². The first-order valence-corrected chi connectivity index (χ1v) is 14.0. The summed E-state index contributed by atoms with van der Waals surface area (Å²) >= 11 is 0. The average molecular weight is 595 g/mol. The zero-order valence-electron chi connectivity index (χ0n) is 25.5. The highest BCUT2D eigenvalue weighted by molar-refractivity contribution is 5.91. The topological polar surface area (TPSA) is 89.5 Å². The van der Waals surface area contributed by atoms with Gasteiger partial charge in [-0.05, 0) is 81.9 Å². The molecule has 0 aromatic heterocycles. The molecule has 4 aromatic rings. The molecule has 1 aliphatic rings. The summed E-state index contributed by atoms with van der Waals surface area (Å²) in [5, 5.41) is 0. The third-order valence-corrected chi connectivity index (χ3v) is 7.62. The van der Waals surface area contributed by atoms with Gasteiger partial charge >= 0.3 is 11.9 Å². The number of rotatable bonds is 9. The van der Waals surface area contributed by atoms with Crippen LogP contribution in [0.4, 0.5) is 0 Å². The second-order valence-electron chi connectivity index (χ2n) is 10.3. The fraction of sp³-hybridized carbons (Fsp3) is 0.222. The molecule has 0 bridgehead atoms. The average Bonchev–Trinajstić information content (AvgIpc) is 3.03. The van der Waals surface area contributed by atoms with Crippen LogP contribution in [0.5, 0.6) is 34.5 Å². The third kappa shape index (κ3) is 6.10. The minimum atomic E-state index is -0.387. The number of methoxy groups -OCH3 is 4. The molecule has 0 spiro atoms. The van der Waals surface area contributed by atoms with Crippen molar-refractivity contribution in [3.8, 4) is 34.5 Å². The van der Waals surface area contributed by atoms with Gasteiger partial charge in [0.15, 0.2) is 23.0 Å². The largest absolute Gasteiger partial charge is 0.493 e. The molecule has 226 valence electrons. The lowest BCUT2D eigenvalue weighted by molar-refractivity contribution is -0.132. The number of fused-ring (bicyclic) bond motifs is 1. The van der Waals surface area contributed by atoms with E-state index in [-0.39, 0.29) is 23.8 Å². The number of carbonyl (C=O) groups is 2. The second kappa shape index (κ2) is 13.0. The maximum absolute atomic E-state index is 11.6. The highest BCUT2D eigenvalue weighted by Gasteiger charge is 2.36. The van der Waals surface area contributed by atoms with E-state index < -0.39 is 0 Å². The number of allylic oxidation sites excluding steroid dienone is 1. The molecular formula is C36H34O8. The molecule has 0 N–H and O–H groups in total. The zero-order valence-corrected chi connectivity index (χ0v) is 25.5. The molecule has 0 fully saturated rings. The second-order valence-corrected chi connectivity index (χ2v) is 10.3. The van der Waals surface area contributed by atoms with Crippen LogP contribution in [0.15, 0.2) is 78.9 Å². The van der Waals surface area contributed by atoms with Crippen molar-refractivity contribution in [2.45, 2.75) is 25.7 Å². The van der Waals surface area contributed by atoms with Crippen molar-refractivity contribution < 1.29 is 38.0 Å². The summed E-state index contributed by atoms with van der Waals surface area (Å²) in [6.07, 6.45) is 2.15. The molecule has 0 saturated heterocycles. The van der Waals surface area contributed by atoms with Gasteiger partial charge in [-0.3, -0.25) is 9.59 Å². The lowest BCUT2D eigenvalue weighted by Crippen LogP contribution is -2.20. The van der Waals surface area contributed by atoms with E-state index in [0.717, 1.165) is 33.4 Å². The Bertz CT molecular complexity index is 1700. The van der Waals surface area contributed by atoms with Crippen molar-refractivity contribution >= 4 is 23.6 Å². The predicted molar refractivity (Wildman–Crippen MR) is 167 cm³/mol. The summed E-state index contributed by atoms with van der Waals surface area (Å²) in [5.41, 5.74) is 5.96. The van der Waals surface area contributed by atoms with Crippen molar-refractivity contribution in [1.82, 2.24) is 0 Å². The SMILES string of the molecule is COc1ccc([C@@H]2c3cc(OC)c(OC)cc3C=C(c3ccc(OC(C)=O)cc3)[C@H]2c2ccc(OC(C)=O)cc2)cc1OC. The zero-order chi connectivity index (χ0) is 31.4. The molecule has 4 aromatic carbocycles. The highest BCUT2D eigenvalue weighted by atomic mass is 16.5. The van der Waals surface area contributed by atoms with Crippen molar-refractivity contribution in [3.63, 3.8) is 0 Å². The van der Waals surface area contributed by atoms with Crippen LogP contribution in [0.25, 0.3) is 11.6 Å². The molecule has 8 heteroatoms. The summed E-state index contributed by atoms with van der Waals surface area (Å²) in [4.78, 5) is 23.2. The van der Waals surface area contributed by atoms with Crippen LogP contribution in [0.3, 0.4) is 0 Å². The Morgan fingerprint density at radius 1 is 0.545 bits per heavy atom. The molecule has 44 heavy (non-hydrogen) atoms. The lowest BCUT2D eigenvalue weighted by Gasteiger charge is -2.36. The number of hydrogen-bond donors (Lipinski definition) is 0. The molecule has 0 radical (unpaired) electrons. The number of benzene rings is 4. The van der Waals surface area contributed by atoms with Crippen molar-refractivity contribution in [3.05, 3.63) is 107 Å².